The van der Waals surface area contributed by atoms with Gasteiger partial charge >= 0.3 is 0 Å². The van der Waals surface area contributed by atoms with Crippen LogP contribution in [-0.4, -0.2) is 40.4 Å². The Labute approximate surface area is 180 Å². The quantitative estimate of drug-likeness (QED) is 0.521. The van der Waals surface area contributed by atoms with Crippen LogP contribution in [-0.2, 0) is 4.79 Å². The van der Waals surface area contributed by atoms with Gasteiger partial charge in [-0.1, -0.05) is 18.0 Å². The van der Waals surface area contributed by atoms with Crippen LogP contribution in [0.25, 0.3) is 11.3 Å². The maximum Gasteiger partial charge on any atom is 0.233 e. The van der Waals surface area contributed by atoms with Gasteiger partial charge in [0.25, 0.3) is 0 Å². The molecule has 6 nitrogen and oxygen atoms in total. The molecule has 7 heteroatoms. The van der Waals surface area contributed by atoms with Crippen molar-refractivity contribution < 1.29 is 14.1 Å². The van der Waals surface area contributed by atoms with Crippen molar-refractivity contribution in [2.75, 3.05) is 19.4 Å². The van der Waals surface area contributed by atoms with E-state index in [1.165, 1.54) is 0 Å². The van der Waals surface area contributed by atoms with E-state index in [-0.39, 0.29) is 11.9 Å². The van der Waals surface area contributed by atoms with Crippen LogP contribution in [0.3, 0.4) is 0 Å². The lowest BCUT2D eigenvalue weighted by Crippen LogP contribution is -2.36. The van der Waals surface area contributed by atoms with Crippen molar-refractivity contribution in [1.29, 1.82) is 0 Å². The Hall–Kier alpha value is -2.80. The zero-order chi connectivity index (χ0) is 20.8. The number of hydrogen-bond acceptors (Lipinski definition) is 6. The number of thioether (sulfide) groups is 1. The summed E-state index contributed by atoms with van der Waals surface area (Å²) in [6.45, 7) is 0.755. The Kier molecular flexibility index (Phi) is 6.69. The molecule has 4 rings (SSSR count). The number of likely N-dealkylation sites (tertiary alicyclic amines) is 1. The first kappa shape index (κ1) is 20.5. The maximum absolute atomic E-state index is 13.1. The zero-order valence-corrected chi connectivity index (χ0v) is 17.8. The molecule has 3 aromatic rings. The van der Waals surface area contributed by atoms with Crippen LogP contribution in [0.2, 0.25) is 0 Å². The number of methoxy groups -OCH3 is 1. The summed E-state index contributed by atoms with van der Waals surface area (Å²) in [5.74, 6) is 2.04. The van der Waals surface area contributed by atoms with Gasteiger partial charge in [-0.2, -0.15) is 0 Å². The number of hydrogen-bond donors (Lipinski definition) is 0. The summed E-state index contributed by atoms with van der Waals surface area (Å²) in [7, 11) is 1.65. The van der Waals surface area contributed by atoms with Gasteiger partial charge in [-0.05, 0) is 49.2 Å². The van der Waals surface area contributed by atoms with Gasteiger partial charge in [0.05, 0.1) is 18.9 Å². The number of pyridine rings is 1. The van der Waals surface area contributed by atoms with E-state index in [9.17, 15) is 4.79 Å². The van der Waals surface area contributed by atoms with Crippen LogP contribution in [0.5, 0.6) is 5.75 Å². The van der Waals surface area contributed by atoms with E-state index in [0.717, 1.165) is 54.1 Å². The molecule has 2 aromatic heterocycles. The Bertz CT molecular complexity index is 959. The number of aromatic nitrogens is 2. The SMILES string of the molecule is COc1ccc(-c2cc(C3CCCCCN3C(=O)CSc3ccncc3)no2)cc1. The van der Waals surface area contributed by atoms with Gasteiger partial charge in [-0.25, -0.2) is 0 Å². The third-order valence-corrected chi connectivity index (χ3v) is 6.33. The maximum atomic E-state index is 13.1. The molecular formula is C23H25N3O3S. The van der Waals surface area contributed by atoms with E-state index < -0.39 is 0 Å². The molecule has 1 amide bonds. The molecule has 0 N–H and O–H groups in total. The third-order valence-electron chi connectivity index (χ3n) is 5.33. The number of ether oxygens (including phenoxy) is 1. The highest BCUT2D eigenvalue weighted by atomic mass is 32.2. The Morgan fingerprint density at radius 2 is 1.97 bits per heavy atom. The molecule has 0 radical (unpaired) electrons. The fraction of sp³-hybridized carbons (Fsp3) is 0.348. The summed E-state index contributed by atoms with van der Waals surface area (Å²) in [5, 5.41) is 4.34. The lowest BCUT2D eigenvalue weighted by molar-refractivity contribution is -0.130. The summed E-state index contributed by atoms with van der Waals surface area (Å²) < 4.78 is 10.9. The highest BCUT2D eigenvalue weighted by molar-refractivity contribution is 8.00. The van der Waals surface area contributed by atoms with Crippen LogP contribution in [0.15, 0.2) is 64.3 Å². The summed E-state index contributed by atoms with van der Waals surface area (Å²) in [6.07, 6.45) is 7.62. The molecule has 156 valence electrons. The van der Waals surface area contributed by atoms with E-state index in [2.05, 4.69) is 10.1 Å². The molecule has 1 aromatic carbocycles. The smallest absolute Gasteiger partial charge is 0.233 e. The molecule has 1 unspecified atom stereocenters. The molecule has 1 aliphatic rings. The van der Waals surface area contributed by atoms with Crippen molar-refractivity contribution in [3.63, 3.8) is 0 Å². The number of rotatable bonds is 6. The lowest BCUT2D eigenvalue weighted by Gasteiger charge is -2.28. The molecule has 1 atom stereocenters. The second-order valence-electron chi connectivity index (χ2n) is 7.27. The van der Waals surface area contributed by atoms with Gasteiger partial charge in [0.1, 0.15) is 11.4 Å². The molecule has 0 bridgehead atoms. The number of carbonyl (C=O) groups is 1. The van der Waals surface area contributed by atoms with Crippen molar-refractivity contribution in [2.24, 2.45) is 0 Å². The summed E-state index contributed by atoms with van der Waals surface area (Å²) in [5.41, 5.74) is 1.76. The van der Waals surface area contributed by atoms with E-state index in [1.54, 1.807) is 31.3 Å². The Morgan fingerprint density at radius 1 is 1.17 bits per heavy atom. The Balaban J connectivity index is 1.50. The van der Waals surface area contributed by atoms with Crippen molar-refractivity contribution in [2.45, 2.75) is 36.6 Å². The molecule has 0 aliphatic carbocycles. The molecule has 3 heterocycles. The van der Waals surface area contributed by atoms with E-state index in [1.807, 2.05) is 47.4 Å². The minimum atomic E-state index is -0.0474. The first-order valence-electron chi connectivity index (χ1n) is 10.2. The first-order valence-corrected chi connectivity index (χ1v) is 11.2. The van der Waals surface area contributed by atoms with Crippen LogP contribution < -0.4 is 4.74 Å². The van der Waals surface area contributed by atoms with E-state index in [4.69, 9.17) is 9.26 Å². The average Bonchev–Trinajstić information content (AvgIpc) is 3.16. The van der Waals surface area contributed by atoms with Crippen molar-refractivity contribution in [3.05, 3.63) is 60.6 Å². The standard InChI is InChI=1S/C23H25N3O3S/c1-28-18-8-6-17(7-9-18)22-15-20(25-29-22)21-5-3-2-4-14-26(21)23(27)16-30-19-10-12-24-13-11-19/h6-13,15,21H,2-5,14,16H2,1H3. The summed E-state index contributed by atoms with van der Waals surface area (Å²) in [4.78, 5) is 20.1. The molecule has 30 heavy (non-hydrogen) atoms. The second-order valence-corrected chi connectivity index (χ2v) is 8.32. The molecule has 0 saturated carbocycles. The minimum absolute atomic E-state index is 0.0474. The zero-order valence-electron chi connectivity index (χ0n) is 17.0. The van der Waals surface area contributed by atoms with Crippen molar-refractivity contribution >= 4 is 17.7 Å². The van der Waals surface area contributed by atoms with Crippen LogP contribution >= 0.6 is 11.8 Å². The molecular weight excluding hydrogens is 398 g/mol. The monoisotopic (exact) mass is 423 g/mol. The van der Waals surface area contributed by atoms with Gasteiger partial charge in [0.2, 0.25) is 5.91 Å². The average molecular weight is 424 g/mol. The van der Waals surface area contributed by atoms with Crippen LogP contribution in [0.4, 0.5) is 0 Å². The van der Waals surface area contributed by atoms with Crippen LogP contribution in [0.1, 0.15) is 37.4 Å². The normalized spacial score (nSPS) is 16.8. The van der Waals surface area contributed by atoms with E-state index in [0.29, 0.717) is 11.5 Å². The lowest BCUT2D eigenvalue weighted by atomic mass is 10.1. The van der Waals surface area contributed by atoms with Gasteiger partial charge in [-0.15, -0.1) is 11.8 Å². The fourth-order valence-electron chi connectivity index (χ4n) is 3.71. The van der Waals surface area contributed by atoms with Crippen LogP contribution in [0, 0.1) is 0 Å². The number of nitrogens with zero attached hydrogens (tertiary/aromatic N) is 3. The largest absolute Gasteiger partial charge is 0.497 e. The highest BCUT2D eigenvalue weighted by Crippen LogP contribution is 2.33. The molecule has 1 fully saturated rings. The third kappa shape index (κ3) is 4.84. The number of benzene rings is 1. The minimum Gasteiger partial charge on any atom is -0.497 e. The van der Waals surface area contributed by atoms with Gasteiger partial charge in [-0.3, -0.25) is 9.78 Å². The van der Waals surface area contributed by atoms with Crippen molar-refractivity contribution in [3.8, 4) is 17.1 Å². The fourth-order valence-corrected chi connectivity index (χ4v) is 4.48. The molecule has 0 spiro atoms. The first-order chi connectivity index (χ1) is 14.7. The molecule has 1 aliphatic heterocycles. The van der Waals surface area contributed by atoms with Crippen molar-refractivity contribution in [1.82, 2.24) is 15.0 Å². The summed E-state index contributed by atoms with van der Waals surface area (Å²) >= 11 is 1.54. The van der Waals surface area contributed by atoms with Gasteiger partial charge < -0.3 is 14.2 Å². The van der Waals surface area contributed by atoms with E-state index >= 15 is 0 Å². The Morgan fingerprint density at radius 3 is 2.73 bits per heavy atom. The topological polar surface area (TPSA) is 68.5 Å². The number of amides is 1. The van der Waals surface area contributed by atoms with Gasteiger partial charge in [0.15, 0.2) is 5.76 Å². The second kappa shape index (κ2) is 9.80. The summed E-state index contributed by atoms with van der Waals surface area (Å²) in [6, 6.07) is 13.5. The predicted octanol–water partition coefficient (Wildman–Crippen LogP) is 4.98. The molecule has 1 saturated heterocycles. The predicted molar refractivity (Wildman–Crippen MR) is 116 cm³/mol. The highest BCUT2D eigenvalue weighted by Gasteiger charge is 2.29. The number of carbonyl (C=O) groups excluding carboxylic acids is 1. The van der Waals surface area contributed by atoms with Gasteiger partial charge in [0, 0.05) is 35.5 Å².